The molecule has 12 heavy (non-hydrogen) atoms. The van der Waals surface area contributed by atoms with Crippen LogP contribution in [0, 0.1) is 0 Å². The van der Waals surface area contributed by atoms with Crippen molar-refractivity contribution in [3.8, 4) is 0 Å². The van der Waals surface area contributed by atoms with E-state index in [0.29, 0.717) is 0 Å². The van der Waals surface area contributed by atoms with E-state index >= 15 is 0 Å². The van der Waals surface area contributed by atoms with Crippen LogP contribution >= 0.6 is 0 Å². The van der Waals surface area contributed by atoms with Gasteiger partial charge in [0.15, 0.2) is 5.78 Å². The third-order valence-corrected chi connectivity index (χ3v) is 1.93. The molecule has 0 amide bonds. The maximum absolute atomic E-state index is 11.4. The lowest BCUT2D eigenvalue weighted by Crippen LogP contribution is -2.26. The van der Waals surface area contributed by atoms with Gasteiger partial charge < -0.3 is 4.74 Å². The summed E-state index contributed by atoms with van der Waals surface area (Å²) in [5.74, 6) is 0.134. The first-order valence-corrected chi connectivity index (χ1v) is 4.50. The smallest absolute Gasteiger partial charge is 0.184 e. The normalized spacial score (nSPS) is 23.3. The number of hydrogen-bond acceptors (Lipinski definition) is 2. The van der Waals surface area contributed by atoms with E-state index in [4.69, 9.17) is 4.74 Å². The van der Waals surface area contributed by atoms with Crippen molar-refractivity contribution in [3.63, 3.8) is 0 Å². The number of allylic oxidation sites excluding steroid dienone is 1. The Labute approximate surface area is 73.6 Å². The fraction of sp³-hybridized carbons (Fsp3) is 0.700. The number of carbonyl (C=O) groups excluding carboxylic acids is 1. The van der Waals surface area contributed by atoms with Crippen molar-refractivity contribution in [2.45, 2.75) is 39.2 Å². The second-order valence-corrected chi connectivity index (χ2v) is 3.48. The highest BCUT2D eigenvalue weighted by molar-refractivity contribution is 5.94. The molecular weight excluding hydrogens is 152 g/mol. The summed E-state index contributed by atoms with van der Waals surface area (Å²) in [6, 6.07) is 0. The van der Waals surface area contributed by atoms with Crippen molar-refractivity contribution >= 4 is 5.78 Å². The zero-order valence-electron chi connectivity index (χ0n) is 7.80. The van der Waals surface area contributed by atoms with Crippen molar-refractivity contribution in [1.29, 1.82) is 0 Å². The summed E-state index contributed by atoms with van der Waals surface area (Å²) >= 11 is 0. The van der Waals surface area contributed by atoms with Crippen LogP contribution in [0.4, 0.5) is 0 Å². The first-order valence-electron chi connectivity index (χ1n) is 4.50. The van der Waals surface area contributed by atoms with Crippen LogP contribution in [0.1, 0.15) is 33.1 Å². The number of carbonyl (C=O) groups is 1. The molecule has 1 rings (SSSR count). The molecule has 0 aromatic carbocycles. The van der Waals surface area contributed by atoms with Crippen LogP contribution < -0.4 is 0 Å². The lowest BCUT2D eigenvalue weighted by molar-refractivity contribution is -0.128. The first-order chi connectivity index (χ1) is 5.70. The summed E-state index contributed by atoms with van der Waals surface area (Å²) in [5.41, 5.74) is 1.05. The second-order valence-electron chi connectivity index (χ2n) is 3.48. The van der Waals surface area contributed by atoms with Crippen LogP contribution in [0.25, 0.3) is 0 Å². The Morgan fingerprint density at radius 1 is 1.42 bits per heavy atom. The van der Waals surface area contributed by atoms with Crippen LogP contribution in [-0.2, 0) is 9.53 Å². The minimum absolute atomic E-state index is 0.134. The quantitative estimate of drug-likeness (QED) is 0.590. The summed E-state index contributed by atoms with van der Waals surface area (Å²) in [7, 11) is 0. The number of ketones is 1. The molecule has 1 heterocycles. The Kier molecular flexibility index (Phi) is 3.48. The van der Waals surface area contributed by atoms with Gasteiger partial charge in [-0.3, -0.25) is 4.79 Å². The van der Waals surface area contributed by atoms with Gasteiger partial charge in [0, 0.05) is 6.61 Å². The van der Waals surface area contributed by atoms with E-state index in [9.17, 15) is 4.79 Å². The summed E-state index contributed by atoms with van der Waals surface area (Å²) in [4.78, 5) is 11.4. The number of rotatable bonds is 2. The molecule has 1 atom stereocenters. The largest absolute Gasteiger partial charge is 0.370 e. The van der Waals surface area contributed by atoms with Gasteiger partial charge in [-0.15, -0.1) is 0 Å². The van der Waals surface area contributed by atoms with E-state index in [1.54, 1.807) is 6.08 Å². The summed E-state index contributed by atoms with van der Waals surface area (Å²) in [5, 5.41) is 0. The van der Waals surface area contributed by atoms with Gasteiger partial charge in [0.1, 0.15) is 6.10 Å². The van der Waals surface area contributed by atoms with Gasteiger partial charge in [0.2, 0.25) is 0 Å². The standard InChI is InChI=1S/C10H16O2/c1-8(2)7-9(11)10-5-3-4-6-12-10/h7,10H,3-6H2,1-2H3. The molecule has 0 aromatic heterocycles. The fourth-order valence-corrected chi connectivity index (χ4v) is 1.34. The molecule has 0 bridgehead atoms. The van der Waals surface area contributed by atoms with Crippen LogP contribution in [0.5, 0.6) is 0 Å². The van der Waals surface area contributed by atoms with Gasteiger partial charge in [-0.2, -0.15) is 0 Å². The van der Waals surface area contributed by atoms with Gasteiger partial charge in [-0.1, -0.05) is 5.57 Å². The van der Waals surface area contributed by atoms with Gasteiger partial charge in [0.25, 0.3) is 0 Å². The Bertz CT molecular complexity index is 184. The van der Waals surface area contributed by atoms with E-state index in [0.717, 1.165) is 31.4 Å². The molecule has 2 nitrogen and oxygen atoms in total. The highest BCUT2D eigenvalue weighted by Crippen LogP contribution is 2.14. The molecule has 1 aliphatic heterocycles. The highest BCUT2D eigenvalue weighted by Gasteiger charge is 2.19. The second kappa shape index (κ2) is 4.41. The lowest BCUT2D eigenvalue weighted by atomic mass is 10.0. The Morgan fingerprint density at radius 2 is 2.17 bits per heavy atom. The molecule has 1 saturated heterocycles. The molecule has 0 spiro atoms. The van der Waals surface area contributed by atoms with Gasteiger partial charge in [0.05, 0.1) is 0 Å². The Morgan fingerprint density at radius 3 is 2.67 bits per heavy atom. The Balaban J connectivity index is 2.45. The lowest BCUT2D eigenvalue weighted by Gasteiger charge is -2.19. The number of ether oxygens (including phenoxy) is 1. The molecule has 0 saturated carbocycles. The van der Waals surface area contributed by atoms with Crippen molar-refractivity contribution in [1.82, 2.24) is 0 Å². The van der Waals surface area contributed by atoms with E-state index in [1.165, 1.54) is 0 Å². The third kappa shape index (κ3) is 2.78. The fourth-order valence-electron chi connectivity index (χ4n) is 1.34. The molecule has 1 fully saturated rings. The first kappa shape index (κ1) is 9.46. The van der Waals surface area contributed by atoms with Crippen molar-refractivity contribution < 1.29 is 9.53 Å². The van der Waals surface area contributed by atoms with E-state index in [2.05, 4.69) is 0 Å². The summed E-state index contributed by atoms with van der Waals surface area (Å²) in [6.07, 6.45) is 4.62. The zero-order chi connectivity index (χ0) is 8.97. The molecule has 68 valence electrons. The zero-order valence-corrected chi connectivity index (χ0v) is 7.80. The maximum Gasteiger partial charge on any atom is 0.184 e. The van der Waals surface area contributed by atoms with Crippen LogP contribution in [-0.4, -0.2) is 18.5 Å². The van der Waals surface area contributed by atoms with E-state index in [1.807, 2.05) is 13.8 Å². The highest BCUT2D eigenvalue weighted by atomic mass is 16.5. The summed E-state index contributed by atoms with van der Waals surface area (Å²) in [6.45, 7) is 4.61. The Hall–Kier alpha value is -0.630. The molecule has 1 unspecified atom stereocenters. The topological polar surface area (TPSA) is 26.3 Å². The van der Waals surface area contributed by atoms with Crippen LogP contribution in [0.15, 0.2) is 11.6 Å². The molecule has 0 radical (unpaired) electrons. The van der Waals surface area contributed by atoms with Gasteiger partial charge in [-0.25, -0.2) is 0 Å². The average molecular weight is 168 g/mol. The van der Waals surface area contributed by atoms with E-state index < -0.39 is 0 Å². The monoisotopic (exact) mass is 168 g/mol. The van der Waals surface area contributed by atoms with Gasteiger partial charge in [-0.05, 0) is 39.2 Å². The van der Waals surface area contributed by atoms with Crippen LogP contribution in [0.3, 0.4) is 0 Å². The van der Waals surface area contributed by atoms with Gasteiger partial charge >= 0.3 is 0 Å². The van der Waals surface area contributed by atoms with E-state index in [-0.39, 0.29) is 11.9 Å². The predicted octanol–water partition coefficient (Wildman–Crippen LogP) is 2.09. The molecule has 0 aliphatic carbocycles. The van der Waals surface area contributed by atoms with Crippen molar-refractivity contribution in [2.75, 3.05) is 6.61 Å². The average Bonchev–Trinajstić information content (AvgIpc) is 2.05. The number of hydrogen-bond donors (Lipinski definition) is 0. The molecular formula is C10H16O2. The van der Waals surface area contributed by atoms with Crippen molar-refractivity contribution in [2.24, 2.45) is 0 Å². The SMILES string of the molecule is CC(C)=CC(=O)C1CCCCO1. The minimum Gasteiger partial charge on any atom is -0.370 e. The van der Waals surface area contributed by atoms with Crippen molar-refractivity contribution in [3.05, 3.63) is 11.6 Å². The molecule has 2 heteroatoms. The molecule has 1 aliphatic rings. The third-order valence-electron chi connectivity index (χ3n) is 1.93. The minimum atomic E-state index is -0.159. The summed E-state index contributed by atoms with van der Waals surface area (Å²) < 4.78 is 5.35. The van der Waals surface area contributed by atoms with Crippen LogP contribution in [0.2, 0.25) is 0 Å². The molecule has 0 aromatic rings. The maximum atomic E-state index is 11.4. The predicted molar refractivity (Wildman–Crippen MR) is 48.0 cm³/mol. The molecule has 0 N–H and O–H groups in total.